The lowest BCUT2D eigenvalue weighted by atomic mass is 10.3. The molecule has 0 aliphatic rings. The molecule has 0 amide bonds. The maximum absolute atomic E-state index is 7.32. The van der Waals surface area contributed by atoms with Crippen LogP contribution in [0, 0.1) is 0 Å². The van der Waals surface area contributed by atoms with Gasteiger partial charge in [0.15, 0.2) is 0 Å². The fourth-order valence-corrected chi connectivity index (χ4v) is 212. The van der Waals surface area contributed by atoms with E-state index in [1.54, 1.807) is 0 Å². The molecule has 0 fully saturated rings. The maximum Gasteiger partial charge on any atom is 0.330 e. The molecule has 0 N–H and O–H groups in total. The van der Waals surface area contributed by atoms with Gasteiger partial charge in [0.05, 0.1) is 0 Å². The SMILES string of the molecule is CC(C)N(C(C)C)[Si](Cl)(Cl)[Si]([Si](Cl)(Cl)Cl)([Si](Cl)(Cl)Cl)[Si](Cl)(Cl)N(C(C)C)C(C)C. The van der Waals surface area contributed by atoms with Crippen molar-refractivity contribution in [1.82, 2.24) is 9.13 Å². The molecule has 0 aromatic heterocycles. The summed E-state index contributed by atoms with van der Waals surface area (Å²) in [6.45, 7) is 15.7. The van der Waals surface area contributed by atoms with E-state index in [-0.39, 0.29) is 24.2 Å². The topological polar surface area (TPSA) is 6.48 Å². The van der Waals surface area contributed by atoms with E-state index < -0.39 is 29.9 Å². The third-order valence-electron chi connectivity index (χ3n) is 4.63. The predicted molar refractivity (Wildman–Crippen MR) is 152 cm³/mol. The van der Waals surface area contributed by atoms with Crippen molar-refractivity contribution in [2.75, 3.05) is 0 Å². The van der Waals surface area contributed by atoms with Gasteiger partial charge >= 0.3 is 23.8 Å². The Kier molecular flexibility index (Phi) is 12.8. The lowest BCUT2D eigenvalue weighted by molar-refractivity contribution is 0.307. The normalized spacial score (nSPS) is 15.7. The van der Waals surface area contributed by atoms with Gasteiger partial charge in [0, 0.05) is 0 Å². The Morgan fingerprint density at radius 1 is 0.414 bits per heavy atom. The molecule has 0 saturated heterocycles. The van der Waals surface area contributed by atoms with Gasteiger partial charge in [-0.1, -0.05) is 55.4 Å². The first-order chi connectivity index (χ1) is 12.5. The summed E-state index contributed by atoms with van der Waals surface area (Å²) in [5.41, 5.74) is -7.84. The molecule has 0 saturated carbocycles. The molecule has 0 aliphatic carbocycles. The number of hydrogen-bond donors (Lipinski definition) is 0. The molecular weight excluding hydrogens is 667 g/mol. The van der Waals surface area contributed by atoms with Crippen molar-refractivity contribution in [2.24, 2.45) is 0 Å². The molecule has 0 spiro atoms. The molecule has 0 radical (unpaired) electrons. The summed E-state index contributed by atoms with van der Waals surface area (Å²) in [6.07, 6.45) is -11.6. The average Bonchev–Trinajstić information content (AvgIpc) is 2.29. The number of halogens is 10. The first-order valence-corrected chi connectivity index (χ1v) is 33.0. The molecular formula is C12H28Cl10N2Si5. The molecule has 0 heterocycles. The monoisotopic (exact) mass is 690 g/mol. The lowest BCUT2D eigenvalue weighted by Crippen LogP contribution is -2.94. The highest BCUT2D eigenvalue weighted by molar-refractivity contribution is 8.38. The Morgan fingerprint density at radius 3 is 0.690 bits per heavy atom. The predicted octanol–water partition coefficient (Wildman–Crippen LogP) is 8.13. The second-order valence-corrected chi connectivity index (χ2v) is 72.5. The Morgan fingerprint density at radius 2 is 0.586 bits per heavy atom. The molecule has 29 heavy (non-hydrogen) atoms. The van der Waals surface area contributed by atoms with Crippen molar-refractivity contribution < 1.29 is 0 Å². The molecule has 0 rings (SSSR count). The average molecular weight is 695 g/mol. The molecule has 176 valence electrons. The first kappa shape index (κ1) is 32.9. The van der Waals surface area contributed by atoms with Gasteiger partial charge < -0.3 is 0 Å². The molecule has 0 unspecified atom stereocenters. The second kappa shape index (κ2) is 11.3. The van der Waals surface area contributed by atoms with Gasteiger partial charge in [-0.3, -0.25) is 9.13 Å². The Hall–Kier alpha value is 3.90. The molecule has 0 aliphatic heterocycles. The van der Waals surface area contributed by atoms with Crippen molar-refractivity contribution in [3.63, 3.8) is 0 Å². The van der Waals surface area contributed by atoms with Crippen LogP contribution in [0.3, 0.4) is 0 Å². The van der Waals surface area contributed by atoms with E-state index in [1.165, 1.54) is 0 Å². The summed E-state index contributed by atoms with van der Waals surface area (Å²) in [5.74, 6) is 0. The third kappa shape index (κ3) is 6.19. The van der Waals surface area contributed by atoms with E-state index >= 15 is 0 Å². The standard InChI is InChI=1S/C12H28Cl10N2Si5/c1-9(2)23(10(3)4)27(19,20)29(25(13,14)15,26(16,17)18)28(21,22)24(11(5)6)12(7)8/h9-12H,1-8H3. The Labute approximate surface area is 227 Å². The summed E-state index contributed by atoms with van der Waals surface area (Å²) in [7, 11) is 0. The van der Waals surface area contributed by atoms with Crippen LogP contribution in [-0.4, -0.2) is 63.2 Å². The molecule has 0 aromatic carbocycles. The van der Waals surface area contributed by atoms with Gasteiger partial charge in [-0.25, -0.2) is 0 Å². The smallest absolute Gasteiger partial charge is 0.298 e. The van der Waals surface area contributed by atoms with Crippen LogP contribution in [0.1, 0.15) is 55.4 Å². The lowest BCUT2D eigenvalue weighted by Gasteiger charge is -2.58. The fraction of sp³-hybridized carbons (Fsp3) is 1.00. The highest BCUT2D eigenvalue weighted by Crippen LogP contribution is 2.59. The minimum atomic E-state index is -3.97. The van der Waals surface area contributed by atoms with Gasteiger partial charge in [0.2, 0.25) is 6.14 Å². The zero-order valence-electron chi connectivity index (χ0n) is 17.5. The maximum atomic E-state index is 7.32. The van der Waals surface area contributed by atoms with Crippen LogP contribution in [0.5, 0.6) is 0 Å². The summed E-state index contributed by atoms with van der Waals surface area (Å²) >= 11 is 70.1. The second-order valence-electron chi connectivity index (χ2n) is 8.02. The van der Waals surface area contributed by atoms with E-state index in [1.807, 2.05) is 64.5 Å². The minimum Gasteiger partial charge on any atom is -0.298 e. The van der Waals surface area contributed by atoms with Crippen molar-refractivity contribution in [1.29, 1.82) is 0 Å². The highest BCUT2D eigenvalue weighted by atomic mass is 35.9. The van der Waals surface area contributed by atoms with Gasteiger partial charge in [-0.15, -0.1) is 111 Å². The Balaban J connectivity index is 7.59. The molecule has 2 nitrogen and oxygen atoms in total. The van der Waals surface area contributed by atoms with E-state index in [9.17, 15) is 0 Å². The quantitative estimate of drug-likeness (QED) is 0.168. The number of rotatable bonds is 10. The summed E-state index contributed by atoms with van der Waals surface area (Å²) < 4.78 is 3.88. The van der Waals surface area contributed by atoms with Crippen LogP contribution >= 0.6 is 111 Å². The van der Waals surface area contributed by atoms with E-state index in [4.69, 9.17) is 111 Å². The van der Waals surface area contributed by atoms with Crippen LogP contribution in [0.25, 0.3) is 0 Å². The Bertz CT molecular complexity index is 486. The summed E-state index contributed by atoms with van der Waals surface area (Å²) in [6, 6.07) is -0.348. The zero-order chi connectivity index (χ0) is 24.0. The van der Waals surface area contributed by atoms with Crippen LogP contribution in [0.4, 0.5) is 0 Å². The largest absolute Gasteiger partial charge is 0.330 e. The first-order valence-electron chi connectivity index (χ1n) is 8.99. The molecule has 0 aromatic rings. The van der Waals surface area contributed by atoms with Crippen molar-refractivity contribution >= 4 is 141 Å². The molecule has 0 atom stereocenters. The van der Waals surface area contributed by atoms with Gasteiger partial charge in [-0.2, -0.15) is 0 Å². The fourth-order valence-electron chi connectivity index (χ4n) is 3.90. The highest BCUT2D eigenvalue weighted by Gasteiger charge is 2.90. The number of hydrogen-bond acceptors (Lipinski definition) is 2. The van der Waals surface area contributed by atoms with Crippen LogP contribution in [0.15, 0.2) is 0 Å². The van der Waals surface area contributed by atoms with Crippen LogP contribution in [-0.2, 0) is 0 Å². The van der Waals surface area contributed by atoms with Gasteiger partial charge in [-0.05, 0) is 24.2 Å². The van der Waals surface area contributed by atoms with E-state index in [0.29, 0.717) is 0 Å². The minimum absolute atomic E-state index is 0.0871. The molecule has 0 bridgehead atoms. The van der Waals surface area contributed by atoms with Gasteiger partial charge in [0.1, 0.15) is 0 Å². The third-order valence-corrected chi connectivity index (χ3v) is 134. The van der Waals surface area contributed by atoms with Crippen molar-refractivity contribution in [3.05, 3.63) is 0 Å². The van der Waals surface area contributed by atoms with Crippen LogP contribution in [0.2, 0.25) is 0 Å². The molecule has 17 heteroatoms. The van der Waals surface area contributed by atoms with Crippen molar-refractivity contribution in [3.8, 4) is 0 Å². The van der Waals surface area contributed by atoms with E-state index in [2.05, 4.69) is 0 Å². The summed E-state index contributed by atoms with van der Waals surface area (Å²) in [5, 5.41) is 0. The van der Waals surface area contributed by atoms with Crippen molar-refractivity contribution in [2.45, 2.75) is 79.6 Å². The van der Waals surface area contributed by atoms with E-state index in [0.717, 1.165) is 0 Å². The number of nitrogens with zero attached hydrogens (tertiary/aromatic N) is 2. The van der Waals surface area contributed by atoms with Crippen LogP contribution < -0.4 is 0 Å². The van der Waals surface area contributed by atoms with Gasteiger partial charge in [0.25, 0.3) is 0 Å². The zero-order valence-corrected chi connectivity index (χ0v) is 30.0. The summed E-state index contributed by atoms with van der Waals surface area (Å²) in [4.78, 5) is 0.